The largest absolute Gasteiger partial charge is 0.339 e. The SMILES string of the molecule is CCc1nc(-c2ccnc(S(C)(=O)=O)c2)no1. The zero-order valence-corrected chi connectivity index (χ0v) is 10.2. The quantitative estimate of drug-likeness (QED) is 0.814. The Morgan fingerprint density at radius 2 is 2.18 bits per heavy atom. The number of rotatable bonds is 3. The zero-order valence-electron chi connectivity index (χ0n) is 9.41. The van der Waals surface area contributed by atoms with Crippen molar-refractivity contribution in [1.29, 1.82) is 0 Å². The van der Waals surface area contributed by atoms with Crippen LogP contribution in [0.1, 0.15) is 12.8 Å². The molecule has 6 nitrogen and oxygen atoms in total. The third-order valence-corrected chi connectivity index (χ3v) is 3.13. The number of nitrogens with zero attached hydrogens (tertiary/aromatic N) is 3. The van der Waals surface area contributed by atoms with Crippen LogP contribution in [0.3, 0.4) is 0 Å². The van der Waals surface area contributed by atoms with Gasteiger partial charge in [-0.1, -0.05) is 12.1 Å². The van der Waals surface area contributed by atoms with E-state index >= 15 is 0 Å². The van der Waals surface area contributed by atoms with Crippen LogP contribution < -0.4 is 0 Å². The fourth-order valence-corrected chi connectivity index (χ4v) is 1.86. The molecule has 0 aliphatic carbocycles. The van der Waals surface area contributed by atoms with Crippen molar-refractivity contribution >= 4 is 9.84 Å². The molecular weight excluding hydrogens is 242 g/mol. The van der Waals surface area contributed by atoms with Gasteiger partial charge in [-0.2, -0.15) is 4.98 Å². The third-order valence-electron chi connectivity index (χ3n) is 2.14. The van der Waals surface area contributed by atoms with Crippen molar-refractivity contribution in [2.45, 2.75) is 18.4 Å². The molecule has 0 aliphatic heterocycles. The number of hydrogen-bond acceptors (Lipinski definition) is 6. The van der Waals surface area contributed by atoms with E-state index in [1.54, 1.807) is 6.07 Å². The Hall–Kier alpha value is -1.76. The molecule has 0 atom stereocenters. The number of sulfone groups is 1. The van der Waals surface area contributed by atoms with E-state index in [-0.39, 0.29) is 5.03 Å². The first-order valence-corrected chi connectivity index (χ1v) is 6.89. The molecule has 2 heterocycles. The van der Waals surface area contributed by atoms with E-state index in [4.69, 9.17) is 4.52 Å². The van der Waals surface area contributed by atoms with Gasteiger partial charge in [0.15, 0.2) is 14.9 Å². The molecule has 0 N–H and O–H groups in total. The van der Waals surface area contributed by atoms with E-state index in [0.29, 0.717) is 23.7 Å². The van der Waals surface area contributed by atoms with Gasteiger partial charge in [-0.25, -0.2) is 13.4 Å². The Morgan fingerprint density at radius 1 is 1.41 bits per heavy atom. The van der Waals surface area contributed by atoms with Crippen molar-refractivity contribution < 1.29 is 12.9 Å². The van der Waals surface area contributed by atoms with Crippen LogP contribution in [0, 0.1) is 0 Å². The summed E-state index contributed by atoms with van der Waals surface area (Å²) >= 11 is 0. The molecule has 0 saturated heterocycles. The lowest BCUT2D eigenvalue weighted by atomic mass is 10.2. The number of hydrogen-bond donors (Lipinski definition) is 0. The van der Waals surface area contributed by atoms with E-state index < -0.39 is 9.84 Å². The fraction of sp³-hybridized carbons (Fsp3) is 0.300. The van der Waals surface area contributed by atoms with Gasteiger partial charge >= 0.3 is 0 Å². The van der Waals surface area contributed by atoms with E-state index in [1.807, 2.05) is 6.92 Å². The summed E-state index contributed by atoms with van der Waals surface area (Å²) in [5, 5.41) is 3.77. The number of pyridine rings is 1. The minimum absolute atomic E-state index is 0.00199. The monoisotopic (exact) mass is 253 g/mol. The molecule has 17 heavy (non-hydrogen) atoms. The first kappa shape index (κ1) is 11.7. The van der Waals surface area contributed by atoms with E-state index in [9.17, 15) is 8.42 Å². The summed E-state index contributed by atoms with van der Waals surface area (Å²) in [7, 11) is -3.33. The van der Waals surface area contributed by atoms with Crippen LogP contribution in [-0.2, 0) is 16.3 Å². The van der Waals surface area contributed by atoms with E-state index in [2.05, 4.69) is 15.1 Å². The maximum absolute atomic E-state index is 11.4. The number of aromatic nitrogens is 3. The molecule has 2 aromatic heterocycles. The minimum Gasteiger partial charge on any atom is -0.339 e. The predicted molar refractivity (Wildman–Crippen MR) is 60.0 cm³/mol. The molecule has 2 rings (SSSR count). The van der Waals surface area contributed by atoms with Crippen molar-refractivity contribution in [3.8, 4) is 11.4 Å². The summed E-state index contributed by atoms with van der Waals surface area (Å²) in [6, 6.07) is 3.07. The summed E-state index contributed by atoms with van der Waals surface area (Å²) in [5.74, 6) is 0.881. The Kier molecular flexibility index (Phi) is 2.93. The molecule has 0 spiro atoms. The molecule has 0 amide bonds. The fourth-order valence-electron chi connectivity index (χ4n) is 1.27. The van der Waals surface area contributed by atoms with Gasteiger partial charge in [0.05, 0.1) is 0 Å². The predicted octanol–water partition coefficient (Wildman–Crippen LogP) is 1.10. The smallest absolute Gasteiger partial charge is 0.226 e. The van der Waals surface area contributed by atoms with Crippen molar-refractivity contribution in [2.24, 2.45) is 0 Å². The minimum atomic E-state index is -3.33. The van der Waals surface area contributed by atoms with Crippen LogP contribution in [0.25, 0.3) is 11.4 Å². The highest BCUT2D eigenvalue weighted by molar-refractivity contribution is 7.90. The highest BCUT2D eigenvalue weighted by Gasteiger charge is 2.13. The normalized spacial score (nSPS) is 11.6. The van der Waals surface area contributed by atoms with Crippen molar-refractivity contribution in [1.82, 2.24) is 15.1 Å². The summed E-state index contributed by atoms with van der Waals surface area (Å²) in [6.07, 6.45) is 3.15. The van der Waals surface area contributed by atoms with E-state index in [0.717, 1.165) is 6.26 Å². The van der Waals surface area contributed by atoms with Gasteiger partial charge in [-0.3, -0.25) is 0 Å². The molecule has 2 aromatic rings. The van der Waals surface area contributed by atoms with Gasteiger partial charge < -0.3 is 4.52 Å². The Bertz CT molecular complexity index is 634. The van der Waals surface area contributed by atoms with Crippen LogP contribution in [-0.4, -0.2) is 29.8 Å². The molecule has 0 bridgehead atoms. The molecule has 0 aliphatic rings. The molecule has 0 aromatic carbocycles. The molecule has 0 fully saturated rings. The van der Waals surface area contributed by atoms with Gasteiger partial charge in [0, 0.05) is 24.4 Å². The zero-order chi connectivity index (χ0) is 12.5. The van der Waals surface area contributed by atoms with Gasteiger partial charge in [-0.05, 0) is 12.1 Å². The second kappa shape index (κ2) is 4.25. The topological polar surface area (TPSA) is 86.0 Å². The van der Waals surface area contributed by atoms with Crippen LogP contribution in [0.5, 0.6) is 0 Å². The highest BCUT2D eigenvalue weighted by atomic mass is 32.2. The molecule has 0 unspecified atom stereocenters. The molecular formula is C10H11N3O3S. The lowest BCUT2D eigenvalue weighted by Crippen LogP contribution is -2.00. The Labute approximate surface area is 98.6 Å². The lowest BCUT2D eigenvalue weighted by Gasteiger charge is -1.98. The average molecular weight is 253 g/mol. The maximum Gasteiger partial charge on any atom is 0.226 e. The standard InChI is InChI=1S/C10H11N3O3S/c1-3-8-12-10(13-16-8)7-4-5-11-9(6-7)17(2,14)15/h4-6H,3H2,1-2H3. The highest BCUT2D eigenvalue weighted by Crippen LogP contribution is 2.18. The van der Waals surface area contributed by atoms with Crippen LogP contribution in [0.2, 0.25) is 0 Å². The molecule has 0 radical (unpaired) electrons. The van der Waals surface area contributed by atoms with Crippen LogP contribution in [0.4, 0.5) is 0 Å². The number of aryl methyl sites for hydroxylation is 1. The Balaban J connectivity index is 2.46. The maximum atomic E-state index is 11.4. The summed E-state index contributed by atoms with van der Waals surface area (Å²) < 4.78 is 27.7. The molecule has 0 saturated carbocycles. The summed E-state index contributed by atoms with van der Waals surface area (Å²) in [5.41, 5.74) is 0.573. The third kappa shape index (κ3) is 2.50. The first-order chi connectivity index (χ1) is 8.00. The van der Waals surface area contributed by atoms with Gasteiger partial charge in [0.1, 0.15) is 0 Å². The van der Waals surface area contributed by atoms with Gasteiger partial charge in [-0.15, -0.1) is 0 Å². The summed E-state index contributed by atoms with van der Waals surface area (Å²) in [6.45, 7) is 1.89. The van der Waals surface area contributed by atoms with Crippen LogP contribution in [0.15, 0.2) is 27.9 Å². The van der Waals surface area contributed by atoms with Crippen molar-refractivity contribution in [3.63, 3.8) is 0 Å². The second-order valence-corrected chi connectivity index (χ2v) is 5.48. The van der Waals surface area contributed by atoms with E-state index in [1.165, 1.54) is 12.3 Å². The summed E-state index contributed by atoms with van der Waals surface area (Å²) in [4.78, 5) is 7.91. The lowest BCUT2D eigenvalue weighted by molar-refractivity contribution is 0.383. The van der Waals surface area contributed by atoms with Crippen molar-refractivity contribution in [3.05, 3.63) is 24.2 Å². The van der Waals surface area contributed by atoms with Gasteiger partial charge in [0.25, 0.3) is 0 Å². The first-order valence-electron chi connectivity index (χ1n) is 5.00. The molecule has 7 heteroatoms. The average Bonchev–Trinajstić information content (AvgIpc) is 2.76. The Morgan fingerprint density at radius 3 is 2.76 bits per heavy atom. The molecule has 90 valence electrons. The van der Waals surface area contributed by atoms with Crippen LogP contribution >= 0.6 is 0 Å². The second-order valence-electron chi connectivity index (χ2n) is 3.52. The van der Waals surface area contributed by atoms with Crippen molar-refractivity contribution in [2.75, 3.05) is 6.26 Å². The van der Waals surface area contributed by atoms with Gasteiger partial charge in [0.2, 0.25) is 11.7 Å².